The Labute approximate surface area is 238 Å². The lowest BCUT2D eigenvalue weighted by Crippen LogP contribution is -2.40. The van der Waals surface area contributed by atoms with Crippen LogP contribution in [0.2, 0.25) is 0 Å². The molecule has 1 atom stereocenters. The van der Waals surface area contributed by atoms with E-state index in [9.17, 15) is 9.59 Å². The van der Waals surface area contributed by atoms with E-state index in [-0.39, 0.29) is 12.2 Å². The highest BCUT2D eigenvalue weighted by atomic mass is 79.9. The van der Waals surface area contributed by atoms with Gasteiger partial charge in [0.2, 0.25) is 0 Å². The number of rotatable bonds is 10. The van der Waals surface area contributed by atoms with E-state index in [1.165, 1.54) is 11.3 Å². The molecule has 0 radical (unpaired) electrons. The summed E-state index contributed by atoms with van der Waals surface area (Å²) >= 11 is 4.78. The molecule has 0 bridgehead atoms. The zero-order valence-electron chi connectivity index (χ0n) is 22.2. The van der Waals surface area contributed by atoms with Gasteiger partial charge < -0.3 is 18.9 Å². The van der Waals surface area contributed by atoms with Crippen LogP contribution in [0.5, 0.6) is 17.2 Å². The first-order chi connectivity index (χ1) is 18.8. The fraction of sp³-hybridized carbons (Fsp3) is 0.276. The van der Waals surface area contributed by atoms with E-state index in [0.29, 0.717) is 56.6 Å². The number of methoxy groups -OCH3 is 1. The molecule has 3 aromatic rings. The van der Waals surface area contributed by atoms with Crippen molar-refractivity contribution < 1.29 is 23.7 Å². The Bertz CT molecular complexity index is 1620. The number of fused-ring (bicyclic) bond motifs is 1. The average Bonchev–Trinajstić information content (AvgIpc) is 3.21. The van der Waals surface area contributed by atoms with Gasteiger partial charge in [-0.1, -0.05) is 36.1 Å². The number of esters is 1. The predicted octanol–water partition coefficient (Wildman–Crippen LogP) is 4.53. The number of nitrogens with zero attached hydrogens (tertiary/aromatic N) is 2. The lowest BCUT2D eigenvalue weighted by atomic mass is 9.95. The summed E-state index contributed by atoms with van der Waals surface area (Å²) in [4.78, 5) is 32.1. The summed E-state index contributed by atoms with van der Waals surface area (Å²) in [5, 5.41) is 0. The van der Waals surface area contributed by atoms with Crippen molar-refractivity contribution >= 4 is 39.3 Å². The van der Waals surface area contributed by atoms with Crippen LogP contribution in [0, 0.1) is 0 Å². The zero-order chi connectivity index (χ0) is 28.1. The SMILES string of the molecule is C=CCOc1ccc(/C=c2\sc3n(c2=O)[C@@H](c2ccc(OC)c(OCC)c2)C(C(=O)OCC)=C(C)N=3)cc1Br. The molecule has 2 aromatic carbocycles. The van der Waals surface area contributed by atoms with E-state index in [2.05, 4.69) is 27.5 Å². The van der Waals surface area contributed by atoms with Crippen LogP contribution < -0.4 is 29.1 Å². The molecule has 0 amide bonds. The van der Waals surface area contributed by atoms with Gasteiger partial charge in [0, 0.05) is 0 Å². The molecule has 10 heteroatoms. The van der Waals surface area contributed by atoms with Crippen molar-refractivity contribution in [1.29, 1.82) is 0 Å². The minimum Gasteiger partial charge on any atom is -0.493 e. The first kappa shape index (κ1) is 28.4. The molecule has 0 saturated heterocycles. The molecule has 204 valence electrons. The van der Waals surface area contributed by atoms with Crippen LogP contribution >= 0.6 is 27.3 Å². The Morgan fingerprint density at radius 3 is 2.56 bits per heavy atom. The Morgan fingerprint density at radius 2 is 1.90 bits per heavy atom. The number of carbonyl (C=O) groups excluding carboxylic acids is 1. The maximum atomic E-state index is 13.9. The summed E-state index contributed by atoms with van der Waals surface area (Å²) in [5.41, 5.74) is 2.01. The molecule has 8 nitrogen and oxygen atoms in total. The topological polar surface area (TPSA) is 88.3 Å². The number of halogens is 1. The van der Waals surface area contributed by atoms with Crippen molar-refractivity contribution in [2.45, 2.75) is 26.8 Å². The van der Waals surface area contributed by atoms with Crippen LogP contribution in [-0.2, 0) is 9.53 Å². The van der Waals surface area contributed by atoms with Crippen molar-refractivity contribution in [2.24, 2.45) is 4.99 Å². The Hall–Kier alpha value is -3.63. The second-order valence-corrected chi connectivity index (χ2v) is 10.3. The normalized spacial score (nSPS) is 14.9. The van der Waals surface area contributed by atoms with Gasteiger partial charge in [0.1, 0.15) is 12.4 Å². The number of aromatic nitrogens is 1. The highest BCUT2D eigenvalue weighted by Crippen LogP contribution is 2.36. The molecule has 0 aliphatic carbocycles. The molecule has 0 N–H and O–H groups in total. The van der Waals surface area contributed by atoms with E-state index in [1.807, 2.05) is 31.2 Å². The zero-order valence-corrected chi connectivity index (χ0v) is 24.6. The summed E-state index contributed by atoms with van der Waals surface area (Å²) in [5.74, 6) is 1.22. The van der Waals surface area contributed by atoms with E-state index >= 15 is 0 Å². The maximum absolute atomic E-state index is 13.9. The lowest BCUT2D eigenvalue weighted by Gasteiger charge is -2.25. The largest absolute Gasteiger partial charge is 0.493 e. The van der Waals surface area contributed by atoms with Gasteiger partial charge in [-0.2, -0.15) is 0 Å². The molecule has 0 saturated carbocycles. The molecule has 1 aliphatic heterocycles. The minimum absolute atomic E-state index is 0.195. The lowest BCUT2D eigenvalue weighted by molar-refractivity contribution is -0.139. The Balaban J connectivity index is 1.89. The summed E-state index contributed by atoms with van der Waals surface area (Å²) in [6, 6.07) is 10.2. The third-order valence-electron chi connectivity index (χ3n) is 5.93. The van der Waals surface area contributed by atoms with E-state index in [4.69, 9.17) is 18.9 Å². The van der Waals surface area contributed by atoms with E-state index < -0.39 is 12.0 Å². The van der Waals surface area contributed by atoms with Crippen LogP contribution in [0.1, 0.15) is 37.9 Å². The average molecular weight is 614 g/mol. The van der Waals surface area contributed by atoms with Gasteiger partial charge >= 0.3 is 5.97 Å². The van der Waals surface area contributed by atoms with Gasteiger partial charge in [-0.15, -0.1) is 0 Å². The van der Waals surface area contributed by atoms with Gasteiger partial charge in [-0.3, -0.25) is 9.36 Å². The van der Waals surface area contributed by atoms with Crippen molar-refractivity contribution in [3.05, 3.63) is 95.6 Å². The number of allylic oxidation sites excluding steroid dienone is 1. The first-order valence-electron chi connectivity index (χ1n) is 12.4. The molecule has 0 fully saturated rings. The fourth-order valence-electron chi connectivity index (χ4n) is 4.26. The summed E-state index contributed by atoms with van der Waals surface area (Å²) in [7, 11) is 1.56. The van der Waals surface area contributed by atoms with Crippen LogP contribution in [-0.4, -0.2) is 37.5 Å². The van der Waals surface area contributed by atoms with Crippen LogP contribution in [0.3, 0.4) is 0 Å². The number of hydrogen-bond donors (Lipinski definition) is 0. The quantitative estimate of drug-likeness (QED) is 0.247. The minimum atomic E-state index is -0.756. The van der Waals surface area contributed by atoms with Crippen molar-refractivity contribution in [1.82, 2.24) is 4.57 Å². The van der Waals surface area contributed by atoms with Crippen molar-refractivity contribution in [2.75, 3.05) is 26.9 Å². The maximum Gasteiger partial charge on any atom is 0.338 e. The third kappa shape index (κ3) is 5.86. The van der Waals surface area contributed by atoms with Gasteiger partial charge in [0.15, 0.2) is 16.3 Å². The van der Waals surface area contributed by atoms with Crippen LogP contribution in [0.25, 0.3) is 6.08 Å². The van der Waals surface area contributed by atoms with E-state index in [1.54, 1.807) is 49.8 Å². The fourth-order valence-corrected chi connectivity index (χ4v) is 5.82. The van der Waals surface area contributed by atoms with Crippen molar-refractivity contribution in [3.63, 3.8) is 0 Å². The molecule has 4 rings (SSSR count). The number of benzene rings is 2. The van der Waals surface area contributed by atoms with Gasteiger partial charge in [-0.25, -0.2) is 9.79 Å². The molecule has 0 unspecified atom stereocenters. The Kier molecular flexibility index (Phi) is 9.08. The number of carbonyl (C=O) groups is 1. The smallest absolute Gasteiger partial charge is 0.338 e. The van der Waals surface area contributed by atoms with Crippen molar-refractivity contribution in [3.8, 4) is 17.2 Å². The molecule has 0 spiro atoms. The number of thiazole rings is 1. The Morgan fingerprint density at radius 1 is 1.13 bits per heavy atom. The van der Waals surface area contributed by atoms with Crippen LogP contribution in [0.15, 0.2) is 74.6 Å². The predicted molar refractivity (Wildman–Crippen MR) is 154 cm³/mol. The number of ether oxygens (including phenoxy) is 4. The molecule has 39 heavy (non-hydrogen) atoms. The first-order valence-corrected chi connectivity index (χ1v) is 14.0. The van der Waals surface area contributed by atoms with Crippen LogP contribution in [0.4, 0.5) is 0 Å². The number of hydrogen-bond acceptors (Lipinski definition) is 8. The van der Waals surface area contributed by atoms with Gasteiger partial charge in [-0.05, 0) is 78.2 Å². The van der Waals surface area contributed by atoms with Gasteiger partial charge in [0.05, 0.1) is 46.6 Å². The highest BCUT2D eigenvalue weighted by Gasteiger charge is 2.34. The molecular formula is C29H29BrN2O6S. The second-order valence-electron chi connectivity index (χ2n) is 8.44. The molecule has 1 aromatic heterocycles. The molecular weight excluding hydrogens is 584 g/mol. The monoisotopic (exact) mass is 612 g/mol. The molecule has 1 aliphatic rings. The second kappa shape index (κ2) is 12.5. The standard InChI is InChI=1S/C29H29BrN2O6S/c1-6-13-38-21-11-9-18(14-20(21)30)15-24-27(33)32-26(19-10-12-22(35-5)23(16-19)36-7-2)25(28(34)37-8-3)17(4)31-29(32)39-24/h6,9-12,14-16,26H,1,7-8,13H2,2-5H3/b24-15-/t26-/m0/s1. The summed E-state index contributed by atoms with van der Waals surface area (Å²) in [6.45, 7) is 10.0. The summed E-state index contributed by atoms with van der Waals surface area (Å²) in [6.07, 6.45) is 3.47. The van der Waals surface area contributed by atoms with E-state index in [0.717, 1.165) is 10.0 Å². The molecule has 2 heterocycles. The third-order valence-corrected chi connectivity index (χ3v) is 7.53. The van der Waals surface area contributed by atoms with Gasteiger partial charge in [0.25, 0.3) is 5.56 Å². The summed E-state index contributed by atoms with van der Waals surface area (Å²) < 4.78 is 25.0. The highest BCUT2D eigenvalue weighted by molar-refractivity contribution is 9.10.